The van der Waals surface area contributed by atoms with Crippen LogP contribution in [0.4, 0.5) is 11.4 Å². The fourth-order valence-corrected chi connectivity index (χ4v) is 4.59. The minimum absolute atomic E-state index is 0.0442. The molecule has 1 aliphatic rings. The maximum absolute atomic E-state index is 12.7. The number of benzene rings is 2. The maximum Gasteiger partial charge on any atom is 0.238 e. The first-order chi connectivity index (χ1) is 13.5. The van der Waals surface area contributed by atoms with Gasteiger partial charge in [0.25, 0.3) is 0 Å². The molecule has 1 aliphatic heterocycles. The summed E-state index contributed by atoms with van der Waals surface area (Å²) in [5.74, 6) is 1.01. The summed E-state index contributed by atoms with van der Waals surface area (Å²) < 4.78 is 0. The third-order valence-corrected chi connectivity index (χ3v) is 6.14. The van der Waals surface area contributed by atoms with Crippen molar-refractivity contribution in [3.8, 4) is 0 Å². The van der Waals surface area contributed by atoms with E-state index in [0.717, 1.165) is 29.8 Å². The Morgan fingerprint density at radius 2 is 1.89 bits per heavy atom. The summed E-state index contributed by atoms with van der Waals surface area (Å²) in [7, 11) is 0. The lowest BCUT2D eigenvalue weighted by molar-refractivity contribution is -0.116. The molecule has 1 saturated heterocycles. The predicted molar refractivity (Wildman–Crippen MR) is 118 cm³/mol. The van der Waals surface area contributed by atoms with E-state index in [4.69, 9.17) is 0 Å². The number of amides is 2. The number of nitrogens with zero attached hydrogens (tertiary/aromatic N) is 1. The van der Waals surface area contributed by atoms with E-state index < -0.39 is 0 Å². The van der Waals surface area contributed by atoms with Gasteiger partial charge in [0.2, 0.25) is 11.8 Å². The number of nitrogens with one attached hydrogen (secondary N) is 1. The van der Waals surface area contributed by atoms with E-state index in [1.54, 1.807) is 11.8 Å². The predicted octanol–water partition coefficient (Wildman–Crippen LogP) is 5.72. The molecule has 1 heterocycles. The van der Waals surface area contributed by atoms with Gasteiger partial charge in [-0.2, -0.15) is 0 Å². The second kappa shape index (κ2) is 9.28. The van der Waals surface area contributed by atoms with Gasteiger partial charge in [-0.15, -0.1) is 11.8 Å². The highest BCUT2D eigenvalue weighted by atomic mass is 32.2. The minimum atomic E-state index is -0.0442. The molecule has 148 valence electrons. The van der Waals surface area contributed by atoms with Crippen molar-refractivity contribution in [2.24, 2.45) is 0 Å². The number of carbonyl (C=O) groups is 2. The molecule has 0 spiro atoms. The van der Waals surface area contributed by atoms with E-state index in [0.29, 0.717) is 18.1 Å². The fraction of sp³-hybridized carbons (Fsp3) is 0.391. The molecule has 2 amide bonds. The highest BCUT2D eigenvalue weighted by molar-refractivity contribution is 8.00. The van der Waals surface area contributed by atoms with Crippen molar-refractivity contribution >= 4 is 35.0 Å². The summed E-state index contributed by atoms with van der Waals surface area (Å²) in [6, 6.07) is 16.0. The summed E-state index contributed by atoms with van der Waals surface area (Å²) in [6.07, 6.45) is 2.45. The average molecular weight is 397 g/mol. The number of hydrogen-bond donors (Lipinski definition) is 1. The molecule has 3 rings (SSSR count). The van der Waals surface area contributed by atoms with Crippen LogP contribution in [0.2, 0.25) is 0 Å². The van der Waals surface area contributed by atoms with Crippen molar-refractivity contribution in [2.75, 3.05) is 16.0 Å². The van der Waals surface area contributed by atoms with Gasteiger partial charge in [0.05, 0.1) is 5.75 Å². The van der Waals surface area contributed by atoms with E-state index in [-0.39, 0.29) is 17.2 Å². The van der Waals surface area contributed by atoms with Crippen molar-refractivity contribution < 1.29 is 9.59 Å². The lowest BCUT2D eigenvalue weighted by atomic mass is 10.00. The molecular formula is C23H28N2O2S. The van der Waals surface area contributed by atoms with Gasteiger partial charge in [0, 0.05) is 17.8 Å². The summed E-state index contributed by atoms with van der Waals surface area (Å²) in [6.45, 7) is 6.38. The number of rotatable bonds is 7. The zero-order chi connectivity index (χ0) is 20.1. The molecule has 2 aromatic carbocycles. The number of carbonyl (C=O) groups excluding carboxylic acids is 2. The molecule has 1 N–H and O–H groups in total. The number of anilines is 2. The molecule has 0 unspecified atom stereocenters. The molecule has 4 nitrogen and oxygen atoms in total. The van der Waals surface area contributed by atoms with E-state index in [9.17, 15) is 9.59 Å². The van der Waals surface area contributed by atoms with Gasteiger partial charge in [-0.1, -0.05) is 57.5 Å². The van der Waals surface area contributed by atoms with Crippen LogP contribution >= 0.6 is 11.8 Å². The van der Waals surface area contributed by atoms with Crippen LogP contribution in [0, 0.1) is 0 Å². The minimum Gasteiger partial charge on any atom is -0.326 e. The summed E-state index contributed by atoms with van der Waals surface area (Å²) in [5, 5.41) is 2.90. The molecule has 0 aliphatic carbocycles. The number of para-hydroxylation sites is 1. The first-order valence-corrected chi connectivity index (χ1v) is 11.0. The largest absolute Gasteiger partial charge is 0.326 e. The highest BCUT2D eigenvalue weighted by Gasteiger charge is 2.35. The third kappa shape index (κ3) is 4.58. The normalized spacial score (nSPS) is 16.6. The second-order valence-electron chi connectivity index (χ2n) is 7.41. The van der Waals surface area contributed by atoms with Crippen LogP contribution in [-0.2, 0) is 9.59 Å². The van der Waals surface area contributed by atoms with E-state index in [1.165, 1.54) is 5.56 Å². The monoisotopic (exact) mass is 396 g/mol. The molecule has 0 aromatic heterocycles. The van der Waals surface area contributed by atoms with Crippen molar-refractivity contribution in [3.05, 3.63) is 59.7 Å². The Hall–Kier alpha value is -2.27. The Kier molecular flexibility index (Phi) is 6.79. The van der Waals surface area contributed by atoms with Crippen LogP contribution in [0.25, 0.3) is 0 Å². The van der Waals surface area contributed by atoms with Gasteiger partial charge >= 0.3 is 0 Å². The second-order valence-corrected chi connectivity index (χ2v) is 8.48. The molecule has 0 radical (unpaired) electrons. The smallest absolute Gasteiger partial charge is 0.238 e. The highest BCUT2D eigenvalue weighted by Crippen LogP contribution is 2.44. The molecule has 5 heteroatoms. The van der Waals surface area contributed by atoms with Crippen molar-refractivity contribution in [1.82, 2.24) is 0 Å². The number of unbranched alkanes of at least 4 members (excludes halogenated alkanes) is 1. The van der Waals surface area contributed by atoms with Crippen molar-refractivity contribution in [3.63, 3.8) is 0 Å². The standard InChI is InChI=1S/C23H28N2O2S/c1-4-5-10-21(26)24-18-13-11-17(12-14-18)23-25(22(27)15-28-23)20-9-7-6-8-19(20)16(2)3/h6-9,11-14,16,23H,4-5,10,15H2,1-3H3,(H,24,26)/t23-/m0/s1. The lowest BCUT2D eigenvalue weighted by Gasteiger charge is -2.27. The van der Waals surface area contributed by atoms with Crippen molar-refractivity contribution in [1.29, 1.82) is 0 Å². The Bertz CT molecular complexity index is 833. The summed E-state index contributed by atoms with van der Waals surface area (Å²) in [4.78, 5) is 26.5. The lowest BCUT2D eigenvalue weighted by Crippen LogP contribution is -2.29. The molecule has 1 fully saturated rings. The first kappa shape index (κ1) is 20.5. The van der Waals surface area contributed by atoms with E-state index >= 15 is 0 Å². The molecule has 1 atom stereocenters. The van der Waals surface area contributed by atoms with Crippen LogP contribution in [-0.4, -0.2) is 17.6 Å². The van der Waals surface area contributed by atoms with Gasteiger partial charge in [-0.25, -0.2) is 0 Å². The number of hydrogen-bond acceptors (Lipinski definition) is 3. The van der Waals surface area contributed by atoms with Crippen LogP contribution in [0.1, 0.15) is 62.5 Å². The molecule has 2 aromatic rings. The SMILES string of the molecule is CCCCC(=O)Nc1ccc([C@@H]2SCC(=O)N2c2ccccc2C(C)C)cc1. The van der Waals surface area contributed by atoms with Gasteiger partial charge in [0.1, 0.15) is 5.37 Å². The van der Waals surface area contributed by atoms with Gasteiger partial charge in [0.15, 0.2) is 0 Å². The van der Waals surface area contributed by atoms with Crippen LogP contribution in [0.15, 0.2) is 48.5 Å². The van der Waals surface area contributed by atoms with E-state index in [1.807, 2.05) is 47.4 Å². The summed E-state index contributed by atoms with van der Waals surface area (Å²) in [5.41, 5.74) is 4.05. The maximum atomic E-state index is 12.7. The third-order valence-electron chi connectivity index (χ3n) is 4.92. The quantitative estimate of drug-likeness (QED) is 0.651. The first-order valence-electron chi connectivity index (χ1n) is 9.93. The van der Waals surface area contributed by atoms with E-state index in [2.05, 4.69) is 32.2 Å². The van der Waals surface area contributed by atoms with Crippen molar-refractivity contribution in [2.45, 2.75) is 51.3 Å². The fourth-order valence-electron chi connectivity index (χ4n) is 3.42. The number of thioether (sulfide) groups is 1. The topological polar surface area (TPSA) is 49.4 Å². The Morgan fingerprint density at radius 1 is 1.18 bits per heavy atom. The van der Waals surface area contributed by atoms with Crippen LogP contribution in [0.3, 0.4) is 0 Å². The van der Waals surface area contributed by atoms with Gasteiger partial charge in [-0.05, 0) is 41.7 Å². The zero-order valence-electron chi connectivity index (χ0n) is 16.8. The molecule has 0 bridgehead atoms. The molecule has 0 saturated carbocycles. The Morgan fingerprint density at radius 3 is 2.57 bits per heavy atom. The average Bonchev–Trinajstić information content (AvgIpc) is 3.08. The van der Waals surface area contributed by atoms with Crippen LogP contribution < -0.4 is 10.2 Å². The molecular weight excluding hydrogens is 368 g/mol. The zero-order valence-corrected chi connectivity index (χ0v) is 17.6. The van der Waals surface area contributed by atoms with Gasteiger partial charge < -0.3 is 5.32 Å². The Balaban J connectivity index is 1.81. The van der Waals surface area contributed by atoms with Crippen LogP contribution in [0.5, 0.6) is 0 Å². The Labute approximate surface area is 171 Å². The van der Waals surface area contributed by atoms with Gasteiger partial charge in [-0.3, -0.25) is 14.5 Å². The summed E-state index contributed by atoms with van der Waals surface area (Å²) >= 11 is 1.65. The molecule has 28 heavy (non-hydrogen) atoms.